The van der Waals surface area contributed by atoms with Gasteiger partial charge in [0.1, 0.15) is 0 Å². The Morgan fingerprint density at radius 2 is 1.90 bits per heavy atom. The molecule has 0 saturated heterocycles. The molecule has 0 aromatic heterocycles. The van der Waals surface area contributed by atoms with E-state index in [1.807, 2.05) is 31.2 Å². The third-order valence-corrected chi connectivity index (χ3v) is 3.82. The van der Waals surface area contributed by atoms with Gasteiger partial charge < -0.3 is 11.1 Å². The van der Waals surface area contributed by atoms with Crippen LogP contribution in [-0.2, 0) is 6.42 Å². The van der Waals surface area contributed by atoms with Crippen molar-refractivity contribution in [2.75, 3.05) is 5.73 Å². The number of nitrogens with one attached hydrogen (secondary N) is 1. The number of rotatable bonds is 4. The van der Waals surface area contributed by atoms with Crippen molar-refractivity contribution in [3.63, 3.8) is 0 Å². The maximum Gasteiger partial charge on any atom is 0.251 e. The highest BCUT2D eigenvalue weighted by Crippen LogP contribution is 2.20. The summed E-state index contributed by atoms with van der Waals surface area (Å²) >= 11 is 12.0. The Labute approximate surface area is 134 Å². The van der Waals surface area contributed by atoms with Crippen LogP contribution < -0.4 is 11.1 Å². The van der Waals surface area contributed by atoms with Crippen molar-refractivity contribution in [1.29, 1.82) is 0 Å². The highest BCUT2D eigenvalue weighted by molar-refractivity contribution is 6.33. The van der Waals surface area contributed by atoms with Crippen LogP contribution in [0.15, 0.2) is 42.5 Å². The van der Waals surface area contributed by atoms with Gasteiger partial charge in [0.15, 0.2) is 0 Å². The fraction of sp³-hybridized carbons (Fsp3) is 0.188. The van der Waals surface area contributed by atoms with Crippen LogP contribution in [0.1, 0.15) is 22.8 Å². The fourth-order valence-electron chi connectivity index (χ4n) is 2.02. The quantitative estimate of drug-likeness (QED) is 0.838. The summed E-state index contributed by atoms with van der Waals surface area (Å²) in [4.78, 5) is 12.2. The Morgan fingerprint density at radius 1 is 1.19 bits per heavy atom. The van der Waals surface area contributed by atoms with Gasteiger partial charge in [0.05, 0.1) is 10.7 Å². The second-order valence-corrected chi connectivity index (χ2v) is 5.72. The number of hydrogen-bond donors (Lipinski definition) is 2. The number of halogens is 2. The average molecular weight is 323 g/mol. The van der Waals surface area contributed by atoms with Crippen LogP contribution >= 0.6 is 23.2 Å². The second kappa shape index (κ2) is 6.83. The second-order valence-electron chi connectivity index (χ2n) is 4.91. The predicted octanol–water partition coefficient (Wildman–Crippen LogP) is 3.94. The molecule has 3 nitrogen and oxygen atoms in total. The third kappa shape index (κ3) is 4.13. The van der Waals surface area contributed by atoms with E-state index in [1.165, 1.54) is 0 Å². The lowest BCUT2D eigenvalue weighted by Crippen LogP contribution is -2.34. The summed E-state index contributed by atoms with van der Waals surface area (Å²) in [6.07, 6.45) is 0.661. The molecule has 1 unspecified atom stereocenters. The molecular formula is C16H16Cl2N2O. The van der Waals surface area contributed by atoms with Crippen molar-refractivity contribution in [2.45, 2.75) is 19.4 Å². The van der Waals surface area contributed by atoms with Crippen molar-refractivity contribution in [3.05, 3.63) is 63.6 Å². The van der Waals surface area contributed by atoms with E-state index in [-0.39, 0.29) is 11.9 Å². The number of nitrogens with two attached hydrogens (primary N) is 1. The van der Waals surface area contributed by atoms with Crippen molar-refractivity contribution in [1.82, 2.24) is 5.32 Å². The standard InChI is InChI=1S/C16H16Cl2N2O/c1-10(8-11-4-2-3-5-13(11)17)20-16(21)12-6-7-15(19)14(18)9-12/h2-7,9-10H,8,19H2,1H3,(H,20,21). The molecule has 0 fully saturated rings. The summed E-state index contributed by atoms with van der Waals surface area (Å²) in [5.41, 5.74) is 7.57. The van der Waals surface area contributed by atoms with Gasteiger partial charge in [0.25, 0.3) is 5.91 Å². The summed E-state index contributed by atoms with van der Waals surface area (Å²) in [6.45, 7) is 1.93. The van der Waals surface area contributed by atoms with Crippen LogP contribution in [0.5, 0.6) is 0 Å². The van der Waals surface area contributed by atoms with Gasteiger partial charge in [-0.15, -0.1) is 0 Å². The highest BCUT2D eigenvalue weighted by atomic mass is 35.5. The molecule has 0 saturated carbocycles. The minimum atomic E-state index is -0.184. The summed E-state index contributed by atoms with van der Waals surface area (Å²) < 4.78 is 0. The van der Waals surface area contributed by atoms with Crippen LogP contribution in [0.4, 0.5) is 5.69 Å². The Kier molecular flexibility index (Phi) is 5.10. The summed E-state index contributed by atoms with van der Waals surface area (Å²) in [7, 11) is 0. The van der Waals surface area contributed by atoms with Crippen molar-refractivity contribution in [3.8, 4) is 0 Å². The van der Waals surface area contributed by atoms with E-state index < -0.39 is 0 Å². The molecule has 2 aromatic carbocycles. The molecule has 0 spiro atoms. The number of amides is 1. The molecule has 0 radical (unpaired) electrons. The van der Waals surface area contributed by atoms with E-state index in [0.29, 0.717) is 27.7 Å². The monoisotopic (exact) mass is 322 g/mol. The summed E-state index contributed by atoms with van der Waals surface area (Å²) in [6, 6.07) is 12.4. The zero-order valence-corrected chi connectivity index (χ0v) is 13.1. The first kappa shape index (κ1) is 15.7. The Balaban J connectivity index is 2.02. The van der Waals surface area contributed by atoms with E-state index in [4.69, 9.17) is 28.9 Å². The van der Waals surface area contributed by atoms with Crippen molar-refractivity contribution < 1.29 is 4.79 Å². The lowest BCUT2D eigenvalue weighted by molar-refractivity contribution is 0.0940. The molecule has 5 heteroatoms. The first-order valence-electron chi connectivity index (χ1n) is 6.56. The van der Waals surface area contributed by atoms with E-state index in [2.05, 4.69) is 5.32 Å². The first-order chi connectivity index (χ1) is 9.97. The molecule has 0 bridgehead atoms. The fourth-order valence-corrected chi connectivity index (χ4v) is 2.41. The molecule has 21 heavy (non-hydrogen) atoms. The molecule has 3 N–H and O–H groups in total. The summed E-state index contributed by atoms with van der Waals surface area (Å²) in [5.74, 6) is -0.184. The maximum absolute atomic E-state index is 12.2. The van der Waals surface area contributed by atoms with Gasteiger partial charge in [-0.05, 0) is 43.2 Å². The van der Waals surface area contributed by atoms with Crippen molar-refractivity contribution in [2.24, 2.45) is 0 Å². The zero-order chi connectivity index (χ0) is 15.4. The SMILES string of the molecule is CC(Cc1ccccc1Cl)NC(=O)c1ccc(N)c(Cl)c1. The Morgan fingerprint density at radius 3 is 2.57 bits per heavy atom. The zero-order valence-electron chi connectivity index (χ0n) is 11.6. The lowest BCUT2D eigenvalue weighted by atomic mass is 10.1. The largest absolute Gasteiger partial charge is 0.398 e. The van der Waals surface area contributed by atoms with Gasteiger partial charge in [0, 0.05) is 16.6 Å². The maximum atomic E-state index is 12.2. The number of carbonyl (C=O) groups is 1. The molecular weight excluding hydrogens is 307 g/mol. The highest BCUT2D eigenvalue weighted by Gasteiger charge is 2.12. The van der Waals surface area contributed by atoms with Crippen LogP contribution in [-0.4, -0.2) is 11.9 Å². The molecule has 1 atom stereocenters. The number of carbonyl (C=O) groups excluding carboxylic acids is 1. The van der Waals surface area contributed by atoms with Gasteiger partial charge in [-0.25, -0.2) is 0 Å². The molecule has 2 aromatic rings. The molecule has 0 heterocycles. The molecule has 2 rings (SSSR count). The molecule has 110 valence electrons. The van der Waals surface area contributed by atoms with Crippen LogP contribution in [0, 0.1) is 0 Å². The predicted molar refractivity (Wildman–Crippen MR) is 87.9 cm³/mol. The van der Waals surface area contributed by atoms with E-state index in [9.17, 15) is 4.79 Å². The van der Waals surface area contributed by atoms with Crippen LogP contribution in [0.25, 0.3) is 0 Å². The van der Waals surface area contributed by atoms with E-state index >= 15 is 0 Å². The number of benzene rings is 2. The van der Waals surface area contributed by atoms with Gasteiger partial charge in [-0.2, -0.15) is 0 Å². The van der Waals surface area contributed by atoms with Gasteiger partial charge in [0.2, 0.25) is 0 Å². The lowest BCUT2D eigenvalue weighted by Gasteiger charge is -2.15. The topological polar surface area (TPSA) is 55.1 Å². The smallest absolute Gasteiger partial charge is 0.251 e. The molecule has 1 amide bonds. The average Bonchev–Trinajstić information content (AvgIpc) is 2.44. The van der Waals surface area contributed by atoms with Crippen molar-refractivity contribution >= 4 is 34.8 Å². The van der Waals surface area contributed by atoms with Crippen LogP contribution in [0.3, 0.4) is 0 Å². The Bertz CT molecular complexity index is 658. The van der Waals surface area contributed by atoms with Gasteiger partial charge in [-0.1, -0.05) is 41.4 Å². The number of hydrogen-bond acceptors (Lipinski definition) is 2. The molecule has 0 aliphatic carbocycles. The van der Waals surface area contributed by atoms with Gasteiger partial charge in [-0.3, -0.25) is 4.79 Å². The van der Waals surface area contributed by atoms with E-state index in [0.717, 1.165) is 5.56 Å². The van der Waals surface area contributed by atoms with Gasteiger partial charge >= 0.3 is 0 Å². The van der Waals surface area contributed by atoms with E-state index in [1.54, 1.807) is 18.2 Å². The number of nitrogen functional groups attached to an aromatic ring is 1. The first-order valence-corrected chi connectivity index (χ1v) is 7.32. The molecule has 0 aliphatic heterocycles. The molecule has 0 aliphatic rings. The number of anilines is 1. The normalized spacial score (nSPS) is 12.0. The third-order valence-electron chi connectivity index (χ3n) is 3.12. The Hall–Kier alpha value is -1.71. The minimum absolute atomic E-state index is 0.0475. The summed E-state index contributed by atoms with van der Waals surface area (Å²) in [5, 5.41) is 4.00. The van der Waals surface area contributed by atoms with Crippen LogP contribution in [0.2, 0.25) is 10.0 Å². The minimum Gasteiger partial charge on any atom is -0.398 e.